The Morgan fingerprint density at radius 2 is 1.87 bits per heavy atom. The minimum atomic E-state index is -0.524. The van der Waals surface area contributed by atoms with Crippen molar-refractivity contribution in [2.45, 2.75) is 59.0 Å². The van der Waals surface area contributed by atoms with Gasteiger partial charge in [-0.15, -0.1) is 0 Å². The summed E-state index contributed by atoms with van der Waals surface area (Å²) in [6.45, 7) is 5.35. The van der Waals surface area contributed by atoms with Gasteiger partial charge in [-0.1, -0.05) is 39.2 Å². The molecule has 0 aliphatic carbocycles. The molecule has 3 N–H and O–H groups in total. The van der Waals surface area contributed by atoms with Crippen LogP contribution in [-0.4, -0.2) is 25.5 Å². The number of nitrogen functional groups attached to an aromatic ring is 1. The molecule has 3 rings (SSSR count). The zero-order valence-corrected chi connectivity index (χ0v) is 18.1. The fourth-order valence-electron chi connectivity index (χ4n) is 3.62. The van der Waals surface area contributed by atoms with Gasteiger partial charge in [-0.3, -0.25) is 23.5 Å². The smallest absolute Gasteiger partial charge is 0.330 e. The molecule has 3 aromatic heterocycles. The molecule has 166 valence electrons. The maximum absolute atomic E-state index is 12.8. The molecule has 0 saturated heterocycles. The second-order valence-electron chi connectivity index (χ2n) is 7.64. The fraction of sp³-hybridized carbons (Fsp3) is 0.455. The molecule has 0 aromatic carbocycles. The molecule has 0 amide bonds. The first-order valence-corrected chi connectivity index (χ1v) is 10.8. The standard InChI is InChI=1S/C22H30N6O3/c1-3-5-8-11-26(15-16-14-18(29)27-13-9-7-10-17(27)24-16)19-20(23)28(12-6-4-2)22(31)25-21(19)30/h7,9-10,13-14H,3-6,8,11-12,15,23H2,1-2H3,(H,25,30,31). The highest BCUT2D eigenvalue weighted by Crippen LogP contribution is 2.20. The van der Waals surface area contributed by atoms with Gasteiger partial charge in [0.25, 0.3) is 11.1 Å². The lowest BCUT2D eigenvalue weighted by atomic mass is 10.2. The van der Waals surface area contributed by atoms with Gasteiger partial charge in [-0.05, 0) is 25.0 Å². The number of unbranched alkanes of at least 4 members (excludes halogenated alkanes) is 3. The van der Waals surface area contributed by atoms with Crippen molar-refractivity contribution in [1.29, 1.82) is 0 Å². The highest BCUT2D eigenvalue weighted by molar-refractivity contribution is 5.62. The van der Waals surface area contributed by atoms with E-state index in [0.717, 1.165) is 32.1 Å². The summed E-state index contributed by atoms with van der Waals surface area (Å²) in [6, 6.07) is 6.82. The molecule has 0 spiro atoms. The number of aromatic nitrogens is 4. The quantitative estimate of drug-likeness (QED) is 0.480. The van der Waals surface area contributed by atoms with Gasteiger partial charge >= 0.3 is 5.69 Å². The normalized spacial score (nSPS) is 11.2. The Labute approximate surface area is 180 Å². The number of nitrogens with two attached hydrogens (primary N) is 1. The third-order valence-electron chi connectivity index (χ3n) is 5.27. The third-order valence-corrected chi connectivity index (χ3v) is 5.27. The van der Waals surface area contributed by atoms with Crippen LogP contribution in [0.2, 0.25) is 0 Å². The van der Waals surface area contributed by atoms with Crippen molar-refractivity contribution < 1.29 is 0 Å². The van der Waals surface area contributed by atoms with Crippen LogP contribution in [0.1, 0.15) is 51.6 Å². The molecule has 0 bridgehead atoms. The number of fused-ring (bicyclic) bond motifs is 1. The average molecular weight is 427 g/mol. The molecule has 0 aliphatic heterocycles. The van der Waals surface area contributed by atoms with Crippen LogP contribution in [0.4, 0.5) is 11.5 Å². The molecular weight excluding hydrogens is 396 g/mol. The van der Waals surface area contributed by atoms with E-state index in [-0.39, 0.29) is 23.6 Å². The van der Waals surface area contributed by atoms with E-state index in [9.17, 15) is 14.4 Å². The molecule has 0 saturated carbocycles. The summed E-state index contributed by atoms with van der Waals surface area (Å²) in [5.41, 5.74) is 6.43. The molecule has 3 aromatic rings. The van der Waals surface area contributed by atoms with E-state index >= 15 is 0 Å². The van der Waals surface area contributed by atoms with E-state index in [1.165, 1.54) is 15.0 Å². The van der Waals surface area contributed by atoms with E-state index in [1.807, 2.05) is 17.9 Å². The molecule has 31 heavy (non-hydrogen) atoms. The first kappa shape index (κ1) is 22.3. The minimum absolute atomic E-state index is 0.149. The van der Waals surface area contributed by atoms with Crippen LogP contribution in [0.5, 0.6) is 0 Å². The zero-order chi connectivity index (χ0) is 22.4. The highest BCUT2D eigenvalue weighted by atomic mass is 16.2. The van der Waals surface area contributed by atoms with Crippen molar-refractivity contribution in [1.82, 2.24) is 18.9 Å². The maximum atomic E-state index is 12.8. The van der Waals surface area contributed by atoms with Crippen molar-refractivity contribution in [3.05, 3.63) is 67.3 Å². The molecule has 0 fully saturated rings. The molecule has 0 unspecified atom stereocenters. The Morgan fingerprint density at radius 3 is 2.61 bits per heavy atom. The predicted octanol–water partition coefficient (Wildman–Crippen LogP) is 2.12. The Hall–Kier alpha value is -3.36. The summed E-state index contributed by atoms with van der Waals surface area (Å²) < 4.78 is 2.88. The second-order valence-corrected chi connectivity index (χ2v) is 7.64. The lowest BCUT2D eigenvalue weighted by Crippen LogP contribution is -2.39. The van der Waals surface area contributed by atoms with E-state index in [0.29, 0.717) is 24.4 Å². The number of aromatic amines is 1. The van der Waals surface area contributed by atoms with Gasteiger partial charge in [0.15, 0.2) is 0 Å². The van der Waals surface area contributed by atoms with Crippen LogP contribution < -0.4 is 27.4 Å². The number of H-pyrrole nitrogens is 1. The summed E-state index contributed by atoms with van der Waals surface area (Å²) in [4.78, 5) is 46.4. The van der Waals surface area contributed by atoms with Crippen LogP contribution in [0.15, 0.2) is 44.8 Å². The van der Waals surface area contributed by atoms with Crippen molar-refractivity contribution in [2.75, 3.05) is 17.2 Å². The summed E-state index contributed by atoms with van der Waals surface area (Å²) in [5.74, 6) is 0.149. The van der Waals surface area contributed by atoms with Crippen LogP contribution in [0, 0.1) is 0 Å². The topological polar surface area (TPSA) is 118 Å². The number of hydrogen-bond donors (Lipinski definition) is 2. The van der Waals surface area contributed by atoms with Crippen LogP contribution in [0.3, 0.4) is 0 Å². The van der Waals surface area contributed by atoms with Crippen molar-refractivity contribution in [3.8, 4) is 0 Å². The van der Waals surface area contributed by atoms with E-state index in [1.54, 1.807) is 18.3 Å². The second kappa shape index (κ2) is 10.1. The van der Waals surface area contributed by atoms with Crippen molar-refractivity contribution in [3.63, 3.8) is 0 Å². The number of nitrogens with one attached hydrogen (secondary N) is 1. The largest absolute Gasteiger partial charge is 0.383 e. The number of nitrogens with zero attached hydrogens (tertiary/aromatic N) is 4. The van der Waals surface area contributed by atoms with Gasteiger partial charge in [-0.25, -0.2) is 9.78 Å². The lowest BCUT2D eigenvalue weighted by molar-refractivity contribution is 0.599. The monoisotopic (exact) mass is 426 g/mol. The Morgan fingerprint density at radius 1 is 1.10 bits per heavy atom. The summed E-state index contributed by atoms with van der Waals surface area (Å²) in [5, 5.41) is 0. The van der Waals surface area contributed by atoms with Crippen LogP contribution in [0.25, 0.3) is 5.65 Å². The Kier molecular flexibility index (Phi) is 7.28. The van der Waals surface area contributed by atoms with Gasteiger partial charge < -0.3 is 10.6 Å². The summed E-state index contributed by atoms with van der Waals surface area (Å²) in [7, 11) is 0. The highest BCUT2D eigenvalue weighted by Gasteiger charge is 2.20. The zero-order valence-electron chi connectivity index (χ0n) is 18.1. The molecule has 9 heteroatoms. The van der Waals surface area contributed by atoms with Crippen molar-refractivity contribution in [2.24, 2.45) is 0 Å². The van der Waals surface area contributed by atoms with Gasteiger partial charge in [0, 0.05) is 25.4 Å². The molecule has 9 nitrogen and oxygen atoms in total. The Balaban J connectivity index is 2.05. The number of rotatable bonds is 10. The van der Waals surface area contributed by atoms with Gasteiger partial charge in [0.1, 0.15) is 17.2 Å². The summed E-state index contributed by atoms with van der Waals surface area (Å²) in [6.07, 6.45) is 6.18. The first-order valence-electron chi connectivity index (χ1n) is 10.8. The van der Waals surface area contributed by atoms with Crippen LogP contribution in [-0.2, 0) is 13.1 Å². The molecular formula is C22H30N6O3. The van der Waals surface area contributed by atoms with Gasteiger partial charge in [0.2, 0.25) is 0 Å². The number of anilines is 2. The lowest BCUT2D eigenvalue weighted by Gasteiger charge is -2.26. The molecule has 0 atom stereocenters. The van der Waals surface area contributed by atoms with E-state index in [2.05, 4.69) is 16.9 Å². The number of hydrogen-bond acceptors (Lipinski definition) is 6. The third kappa shape index (κ3) is 5.04. The van der Waals surface area contributed by atoms with Crippen molar-refractivity contribution >= 4 is 17.2 Å². The Bertz CT molecular complexity index is 1210. The molecule has 0 aliphatic rings. The first-order chi connectivity index (χ1) is 15.0. The molecule has 0 radical (unpaired) electrons. The van der Waals surface area contributed by atoms with Gasteiger partial charge in [-0.2, -0.15) is 0 Å². The van der Waals surface area contributed by atoms with Crippen LogP contribution >= 0.6 is 0 Å². The fourth-order valence-corrected chi connectivity index (χ4v) is 3.62. The van der Waals surface area contributed by atoms with E-state index < -0.39 is 11.2 Å². The van der Waals surface area contributed by atoms with Gasteiger partial charge in [0.05, 0.1) is 12.2 Å². The minimum Gasteiger partial charge on any atom is -0.383 e. The number of pyridine rings is 1. The maximum Gasteiger partial charge on any atom is 0.330 e. The summed E-state index contributed by atoms with van der Waals surface area (Å²) >= 11 is 0. The van der Waals surface area contributed by atoms with E-state index in [4.69, 9.17) is 5.73 Å². The SMILES string of the molecule is CCCCCN(Cc1cc(=O)n2ccccc2n1)c1c(N)n(CCCC)c(=O)[nH]c1=O. The molecule has 3 heterocycles. The predicted molar refractivity (Wildman–Crippen MR) is 123 cm³/mol. The average Bonchev–Trinajstić information content (AvgIpc) is 2.73.